The normalized spacial score (nSPS) is 17.2. The van der Waals surface area contributed by atoms with Gasteiger partial charge in [0.05, 0.1) is 24.7 Å². The van der Waals surface area contributed by atoms with E-state index in [9.17, 15) is 8.42 Å². The van der Waals surface area contributed by atoms with Gasteiger partial charge in [-0.1, -0.05) is 17.7 Å². The second kappa shape index (κ2) is 7.17. The van der Waals surface area contributed by atoms with E-state index in [0.717, 1.165) is 44.8 Å². The molecule has 20 heavy (non-hydrogen) atoms. The fourth-order valence-corrected chi connectivity index (χ4v) is 3.33. The van der Waals surface area contributed by atoms with Gasteiger partial charge in [-0.15, -0.1) is 0 Å². The Morgan fingerprint density at radius 3 is 2.50 bits per heavy atom. The summed E-state index contributed by atoms with van der Waals surface area (Å²) in [5, 5.41) is 0. The summed E-state index contributed by atoms with van der Waals surface area (Å²) >= 11 is 0. The van der Waals surface area contributed by atoms with Crippen molar-refractivity contribution in [1.82, 2.24) is 4.72 Å². The van der Waals surface area contributed by atoms with Gasteiger partial charge in [0.2, 0.25) is 10.0 Å². The molecular weight excluding hydrogens is 276 g/mol. The molecule has 0 spiro atoms. The van der Waals surface area contributed by atoms with Crippen molar-refractivity contribution >= 4 is 10.0 Å². The van der Waals surface area contributed by atoms with E-state index in [1.807, 2.05) is 19.1 Å². The highest BCUT2D eigenvalue weighted by atomic mass is 32.2. The van der Waals surface area contributed by atoms with E-state index < -0.39 is 10.0 Å². The van der Waals surface area contributed by atoms with Crippen LogP contribution in [-0.4, -0.2) is 47.8 Å². The summed E-state index contributed by atoms with van der Waals surface area (Å²) in [6.07, 6.45) is 0.848. The number of quaternary nitrogens is 1. The molecule has 0 amide bonds. The Bertz CT molecular complexity index is 508. The molecule has 0 unspecified atom stereocenters. The Labute approximate surface area is 121 Å². The highest BCUT2D eigenvalue weighted by Crippen LogP contribution is 2.09. The number of rotatable bonds is 6. The van der Waals surface area contributed by atoms with Crippen molar-refractivity contribution in [3.8, 4) is 0 Å². The number of morpholine rings is 1. The molecule has 0 radical (unpaired) electrons. The Morgan fingerprint density at radius 1 is 1.20 bits per heavy atom. The van der Waals surface area contributed by atoms with E-state index in [1.165, 1.54) is 4.90 Å². The van der Waals surface area contributed by atoms with Crippen LogP contribution in [0.15, 0.2) is 29.2 Å². The minimum Gasteiger partial charge on any atom is -0.370 e. The van der Waals surface area contributed by atoms with Gasteiger partial charge >= 0.3 is 0 Å². The molecule has 112 valence electrons. The summed E-state index contributed by atoms with van der Waals surface area (Å²) in [5.74, 6) is 0. The van der Waals surface area contributed by atoms with E-state index in [4.69, 9.17) is 4.74 Å². The molecule has 1 aliphatic heterocycles. The Morgan fingerprint density at radius 2 is 1.85 bits per heavy atom. The van der Waals surface area contributed by atoms with Gasteiger partial charge in [-0.05, 0) is 19.1 Å². The lowest BCUT2D eigenvalue weighted by Crippen LogP contribution is -3.14. The zero-order valence-corrected chi connectivity index (χ0v) is 12.7. The van der Waals surface area contributed by atoms with Crippen molar-refractivity contribution in [3.63, 3.8) is 0 Å². The molecular formula is C14H23N2O3S+. The lowest BCUT2D eigenvalue weighted by atomic mass is 10.2. The number of hydrogen-bond donors (Lipinski definition) is 2. The van der Waals surface area contributed by atoms with Crippen LogP contribution >= 0.6 is 0 Å². The molecule has 1 fully saturated rings. The first-order chi connectivity index (χ1) is 9.58. The van der Waals surface area contributed by atoms with Crippen LogP contribution in [0.25, 0.3) is 0 Å². The van der Waals surface area contributed by atoms with Crippen LogP contribution in [0.1, 0.15) is 12.0 Å². The first kappa shape index (κ1) is 15.4. The van der Waals surface area contributed by atoms with Crippen molar-refractivity contribution in [2.24, 2.45) is 0 Å². The molecule has 2 N–H and O–H groups in total. The van der Waals surface area contributed by atoms with Crippen LogP contribution in [0.5, 0.6) is 0 Å². The molecule has 6 heteroatoms. The SMILES string of the molecule is Cc1ccc(S(=O)(=O)NCCC[NH+]2CCOCC2)cc1. The predicted octanol–water partition coefficient (Wildman–Crippen LogP) is -0.421. The molecule has 0 atom stereocenters. The molecule has 5 nitrogen and oxygen atoms in total. The number of sulfonamides is 1. The van der Waals surface area contributed by atoms with Crippen LogP contribution < -0.4 is 9.62 Å². The van der Waals surface area contributed by atoms with Crippen LogP contribution in [0.2, 0.25) is 0 Å². The summed E-state index contributed by atoms with van der Waals surface area (Å²) in [6.45, 7) is 7.07. The van der Waals surface area contributed by atoms with Crippen LogP contribution in [-0.2, 0) is 14.8 Å². The van der Waals surface area contributed by atoms with Gasteiger partial charge in [-0.25, -0.2) is 13.1 Å². The fourth-order valence-electron chi connectivity index (χ4n) is 2.26. The van der Waals surface area contributed by atoms with E-state index in [-0.39, 0.29) is 0 Å². The number of benzene rings is 1. The van der Waals surface area contributed by atoms with E-state index in [0.29, 0.717) is 11.4 Å². The number of hydrogen-bond acceptors (Lipinski definition) is 3. The maximum atomic E-state index is 12.1. The molecule has 1 saturated heterocycles. The second-order valence-corrected chi connectivity index (χ2v) is 6.94. The van der Waals surface area contributed by atoms with E-state index >= 15 is 0 Å². The van der Waals surface area contributed by atoms with Crippen LogP contribution in [0.4, 0.5) is 0 Å². The molecule has 1 heterocycles. The number of nitrogens with one attached hydrogen (secondary N) is 2. The lowest BCUT2D eigenvalue weighted by molar-refractivity contribution is -0.908. The maximum absolute atomic E-state index is 12.1. The van der Waals surface area contributed by atoms with Gasteiger partial charge in [0.25, 0.3) is 0 Å². The molecule has 0 saturated carbocycles. The second-order valence-electron chi connectivity index (χ2n) is 5.18. The molecule has 0 bridgehead atoms. The van der Waals surface area contributed by atoms with E-state index in [2.05, 4.69) is 4.72 Å². The lowest BCUT2D eigenvalue weighted by Gasteiger charge is -2.23. The summed E-state index contributed by atoms with van der Waals surface area (Å²) in [5.41, 5.74) is 1.06. The van der Waals surface area contributed by atoms with Gasteiger partial charge in [0.15, 0.2) is 0 Å². The van der Waals surface area contributed by atoms with Gasteiger partial charge in [-0.3, -0.25) is 0 Å². The van der Waals surface area contributed by atoms with Crippen molar-refractivity contribution < 1.29 is 18.1 Å². The average molecular weight is 299 g/mol. The number of ether oxygens (including phenoxy) is 1. The quantitative estimate of drug-likeness (QED) is 0.701. The third kappa shape index (κ3) is 4.56. The molecule has 2 rings (SSSR count). The Hall–Kier alpha value is -0.950. The molecule has 1 aromatic carbocycles. The van der Waals surface area contributed by atoms with Gasteiger partial charge < -0.3 is 9.64 Å². The third-order valence-corrected chi connectivity index (χ3v) is 5.01. The first-order valence-electron chi connectivity index (χ1n) is 7.05. The largest absolute Gasteiger partial charge is 0.370 e. The zero-order chi connectivity index (χ0) is 14.4. The fraction of sp³-hybridized carbons (Fsp3) is 0.571. The molecule has 1 aromatic rings. The Kier molecular flexibility index (Phi) is 5.54. The molecule has 0 aliphatic carbocycles. The minimum absolute atomic E-state index is 0.335. The highest BCUT2D eigenvalue weighted by molar-refractivity contribution is 7.89. The maximum Gasteiger partial charge on any atom is 0.240 e. The standard InChI is InChI=1S/C14H22N2O3S/c1-13-3-5-14(6-4-13)20(17,18)15-7-2-8-16-9-11-19-12-10-16/h3-6,15H,2,7-12H2,1H3/p+1. The average Bonchev–Trinajstić information content (AvgIpc) is 2.45. The van der Waals surface area contributed by atoms with Crippen molar-refractivity contribution in [1.29, 1.82) is 0 Å². The van der Waals surface area contributed by atoms with Gasteiger partial charge in [0, 0.05) is 13.0 Å². The minimum atomic E-state index is -3.36. The van der Waals surface area contributed by atoms with Crippen molar-refractivity contribution in [3.05, 3.63) is 29.8 Å². The van der Waals surface area contributed by atoms with Crippen molar-refractivity contribution in [2.75, 3.05) is 39.4 Å². The highest BCUT2D eigenvalue weighted by Gasteiger charge is 2.15. The smallest absolute Gasteiger partial charge is 0.240 e. The van der Waals surface area contributed by atoms with Crippen LogP contribution in [0.3, 0.4) is 0 Å². The topological polar surface area (TPSA) is 59.8 Å². The molecule has 0 aromatic heterocycles. The van der Waals surface area contributed by atoms with Gasteiger partial charge in [-0.2, -0.15) is 0 Å². The Balaban J connectivity index is 1.76. The first-order valence-corrected chi connectivity index (χ1v) is 8.54. The summed E-state index contributed by atoms with van der Waals surface area (Å²) in [7, 11) is -3.36. The summed E-state index contributed by atoms with van der Waals surface area (Å²) < 4.78 is 32.1. The summed E-state index contributed by atoms with van der Waals surface area (Å²) in [4.78, 5) is 1.83. The van der Waals surface area contributed by atoms with E-state index in [1.54, 1.807) is 12.1 Å². The van der Waals surface area contributed by atoms with Crippen molar-refractivity contribution in [2.45, 2.75) is 18.2 Å². The number of aryl methyl sites for hydroxylation is 1. The zero-order valence-electron chi connectivity index (χ0n) is 11.9. The van der Waals surface area contributed by atoms with Crippen LogP contribution in [0, 0.1) is 6.92 Å². The van der Waals surface area contributed by atoms with Gasteiger partial charge in [0.1, 0.15) is 13.1 Å². The summed E-state index contributed by atoms with van der Waals surface area (Å²) in [6, 6.07) is 6.91. The predicted molar refractivity (Wildman–Crippen MR) is 77.4 cm³/mol. The third-order valence-electron chi connectivity index (χ3n) is 3.53. The monoisotopic (exact) mass is 299 g/mol. The molecule has 1 aliphatic rings.